The van der Waals surface area contributed by atoms with E-state index in [0.717, 1.165) is 17.7 Å². The Bertz CT molecular complexity index is 855. The third kappa shape index (κ3) is 5.11. The predicted molar refractivity (Wildman–Crippen MR) is 100 cm³/mol. The Hall–Kier alpha value is -2.77. The first kappa shape index (κ1) is 18.0. The highest BCUT2D eigenvalue weighted by atomic mass is 35.5. The summed E-state index contributed by atoms with van der Waals surface area (Å²) in [6, 6.07) is 9.48. The van der Waals surface area contributed by atoms with Gasteiger partial charge in [-0.25, -0.2) is 15.0 Å². The molecule has 7 nitrogen and oxygen atoms in total. The molecule has 0 aliphatic rings. The van der Waals surface area contributed by atoms with Gasteiger partial charge in [-0.15, -0.1) is 0 Å². The standard InChI is InChI=1S/C18H19ClN6O/c19-13-10-22-16(23-11-13)6-3-14-9-17(25-18(21)24-14)26-15-4-1-12(2-5-15)7-8-20/h1-2,4-5,9-11H,3,6-8,20H2,(H2,21,24,25). The molecular weight excluding hydrogens is 352 g/mol. The van der Waals surface area contributed by atoms with Crippen molar-refractivity contribution in [2.24, 2.45) is 5.73 Å². The fourth-order valence-electron chi connectivity index (χ4n) is 2.39. The summed E-state index contributed by atoms with van der Waals surface area (Å²) in [6.07, 6.45) is 5.20. The molecule has 0 fully saturated rings. The minimum Gasteiger partial charge on any atom is -0.439 e. The second-order valence-electron chi connectivity index (χ2n) is 5.66. The lowest BCUT2D eigenvalue weighted by atomic mass is 10.1. The minimum atomic E-state index is 0.161. The van der Waals surface area contributed by atoms with Crippen LogP contribution < -0.4 is 16.2 Å². The molecule has 0 unspecified atom stereocenters. The molecule has 0 aliphatic carbocycles. The molecule has 0 amide bonds. The van der Waals surface area contributed by atoms with E-state index < -0.39 is 0 Å². The Kier molecular flexibility index (Phi) is 5.93. The van der Waals surface area contributed by atoms with Crippen LogP contribution in [0.4, 0.5) is 5.95 Å². The molecule has 2 heterocycles. The zero-order chi connectivity index (χ0) is 18.4. The number of nitrogens with two attached hydrogens (primary N) is 2. The van der Waals surface area contributed by atoms with Crippen LogP contribution in [0.3, 0.4) is 0 Å². The van der Waals surface area contributed by atoms with E-state index in [2.05, 4.69) is 19.9 Å². The number of hydrogen-bond acceptors (Lipinski definition) is 7. The van der Waals surface area contributed by atoms with Gasteiger partial charge in [0, 0.05) is 24.9 Å². The van der Waals surface area contributed by atoms with Crippen LogP contribution in [0.1, 0.15) is 17.1 Å². The average molecular weight is 371 g/mol. The monoisotopic (exact) mass is 370 g/mol. The van der Waals surface area contributed by atoms with Crippen LogP contribution in [0.5, 0.6) is 11.6 Å². The van der Waals surface area contributed by atoms with E-state index >= 15 is 0 Å². The summed E-state index contributed by atoms with van der Waals surface area (Å²) in [7, 11) is 0. The van der Waals surface area contributed by atoms with E-state index in [9.17, 15) is 0 Å². The van der Waals surface area contributed by atoms with Gasteiger partial charge >= 0.3 is 0 Å². The van der Waals surface area contributed by atoms with Crippen molar-refractivity contribution in [1.82, 2.24) is 19.9 Å². The Balaban J connectivity index is 1.67. The van der Waals surface area contributed by atoms with Crippen LogP contribution in [0.2, 0.25) is 5.02 Å². The summed E-state index contributed by atoms with van der Waals surface area (Å²) in [5.74, 6) is 1.92. The van der Waals surface area contributed by atoms with Gasteiger partial charge in [-0.1, -0.05) is 23.7 Å². The molecule has 1 aromatic carbocycles. The highest BCUT2D eigenvalue weighted by Gasteiger charge is 2.07. The first-order valence-electron chi connectivity index (χ1n) is 8.19. The van der Waals surface area contributed by atoms with Crippen molar-refractivity contribution in [3.8, 4) is 11.6 Å². The number of nitrogens with zero attached hydrogens (tertiary/aromatic N) is 4. The zero-order valence-electron chi connectivity index (χ0n) is 14.1. The molecule has 3 rings (SSSR count). The maximum Gasteiger partial charge on any atom is 0.224 e. The molecule has 8 heteroatoms. The van der Waals surface area contributed by atoms with Gasteiger partial charge in [-0.2, -0.15) is 4.98 Å². The molecule has 0 bridgehead atoms. The van der Waals surface area contributed by atoms with Crippen LogP contribution in [-0.4, -0.2) is 26.5 Å². The first-order valence-corrected chi connectivity index (χ1v) is 8.57. The third-order valence-corrected chi connectivity index (χ3v) is 3.83. The van der Waals surface area contributed by atoms with Gasteiger partial charge in [0.25, 0.3) is 0 Å². The second-order valence-corrected chi connectivity index (χ2v) is 6.09. The van der Waals surface area contributed by atoms with Crippen LogP contribution in [0.25, 0.3) is 0 Å². The Morgan fingerprint density at radius 2 is 1.69 bits per heavy atom. The number of hydrogen-bond donors (Lipinski definition) is 2. The van der Waals surface area contributed by atoms with Crippen molar-refractivity contribution in [3.63, 3.8) is 0 Å². The Morgan fingerprint density at radius 1 is 0.962 bits per heavy atom. The van der Waals surface area contributed by atoms with Gasteiger partial charge in [-0.3, -0.25) is 0 Å². The van der Waals surface area contributed by atoms with Crippen LogP contribution in [0, 0.1) is 0 Å². The molecule has 0 saturated carbocycles. The van der Waals surface area contributed by atoms with Crippen molar-refractivity contribution in [2.75, 3.05) is 12.3 Å². The summed E-state index contributed by atoms with van der Waals surface area (Å²) in [4.78, 5) is 16.7. The highest BCUT2D eigenvalue weighted by molar-refractivity contribution is 6.30. The largest absolute Gasteiger partial charge is 0.439 e. The lowest BCUT2D eigenvalue weighted by Crippen LogP contribution is -2.04. The normalized spacial score (nSPS) is 10.7. The van der Waals surface area contributed by atoms with Crippen LogP contribution in [-0.2, 0) is 19.3 Å². The molecule has 0 radical (unpaired) electrons. The minimum absolute atomic E-state index is 0.161. The van der Waals surface area contributed by atoms with Crippen molar-refractivity contribution in [3.05, 3.63) is 64.8 Å². The maximum atomic E-state index is 5.80. The van der Waals surface area contributed by atoms with Crippen molar-refractivity contribution in [2.45, 2.75) is 19.3 Å². The summed E-state index contributed by atoms with van der Waals surface area (Å²) in [6.45, 7) is 0.614. The molecule has 2 aromatic heterocycles. The quantitative estimate of drug-likeness (QED) is 0.657. The molecule has 134 valence electrons. The molecular formula is C18H19ClN6O. The van der Waals surface area contributed by atoms with E-state index in [4.69, 9.17) is 27.8 Å². The Morgan fingerprint density at radius 3 is 2.38 bits per heavy atom. The fraction of sp³-hybridized carbons (Fsp3) is 0.222. The number of aryl methyl sites for hydroxylation is 2. The van der Waals surface area contributed by atoms with Crippen molar-refractivity contribution >= 4 is 17.5 Å². The first-order chi connectivity index (χ1) is 12.6. The number of rotatable bonds is 7. The average Bonchev–Trinajstić information content (AvgIpc) is 2.63. The SMILES string of the molecule is NCCc1ccc(Oc2cc(CCc3ncc(Cl)cn3)nc(N)n2)cc1. The molecule has 0 spiro atoms. The smallest absolute Gasteiger partial charge is 0.224 e. The third-order valence-electron chi connectivity index (χ3n) is 3.63. The van der Waals surface area contributed by atoms with Gasteiger partial charge < -0.3 is 16.2 Å². The fourth-order valence-corrected chi connectivity index (χ4v) is 2.49. The number of benzene rings is 1. The van der Waals surface area contributed by atoms with E-state index in [1.807, 2.05) is 24.3 Å². The Labute approximate surface area is 156 Å². The molecule has 0 saturated heterocycles. The molecule has 26 heavy (non-hydrogen) atoms. The molecule has 3 aromatic rings. The molecule has 0 atom stereocenters. The summed E-state index contributed by atoms with van der Waals surface area (Å²) in [5.41, 5.74) is 13.3. The number of nitrogen functional groups attached to an aromatic ring is 1. The van der Waals surface area contributed by atoms with Gasteiger partial charge in [0.05, 0.1) is 10.7 Å². The predicted octanol–water partition coefficient (Wildman–Crippen LogP) is 2.58. The number of halogens is 1. The van der Waals surface area contributed by atoms with Crippen molar-refractivity contribution < 1.29 is 4.74 Å². The summed E-state index contributed by atoms with van der Waals surface area (Å²) < 4.78 is 5.79. The van der Waals surface area contributed by atoms with Gasteiger partial charge in [0.1, 0.15) is 11.6 Å². The van der Waals surface area contributed by atoms with Crippen LogP contribution in [0.15, 0.2) is 42.7 Å². The van der Waals surface area contributed by atoms with Crippen molar-refractivity contribution in [1.29, 1.82) is 0 Å². The van der Waals surface area contributed by atoms with Gasteiger partial charge in [-0.05, 0) is 37.1 Å². The van der Waals surface area contributed by atoms with Crippen LogP contribution >= 0.6 is 11.6 Å². The highest BCUT2D eigenvalue weighted by Crippen LogP contribution is 2.21. The zero-order valence-corrected chi connectivity index (χ0v) is 14.9. The lowest BCUT2D eigenvalue weighted by molar-refractivity contribution is 0.461. The number of ether oxygens (including phenoxy) is 1. The van der Waals surface area contributed by atoms with Gasteiger partial charge in [0.15, 0.2) is 0 Å². The number of anilines is 1. The molecule has 4 N–H and O–H groups in total. The van der Waals surface area contributed by atoms with Gasteiger partial charge in [0.2, 0.25) is 11.8 Å². The summed E-state index contributed by atoms with van der Waals surface area (Å²) in [5, 5.41) is 0.508. The maximum absolute atomic E-state index is 5.80. The topological polar surface area (TPSA) is 113 Å². The lowest BCUT2D eigenvalue weighted by Gasteiger charge is -2.08. The number of aromatic nitrogens is 4. The van der Waals surface area contributed by atoms with E-state index in [1.54, 1.807) is 18.5 Å². The van der Waals surface area contributed by atoms with E-state index in [-0.39, 0.29) is 5.95 Å². The van der Waals surface area contributed by atoms with E-state index in [1.165, 1.54) is 0 Å². The second kappa shape index (κ2) is 8.55. The molecule has 0 aliphatic heterocycles. The van der Waals surface area contributed by atoms with E-state index in [0.29, 0.717) is 41.9 Å². The summed E-state index contributed by atoms with van der Waals surface area (Å²) >= 11 is 5.79.